The lowest BCUT2D eigenvalue weighted by atomic mass is 10.1. The van der Waals surface area contributed by atoms with Crippen molar-refractivity contribution >= 4 is 57.6 Å². The van der Waals surface area contributed by atoms with Crippen LogP contribution in [-0.4, -0.2) is 35.8 Å². The van der Waals surface area contributed by atoms with Crippen molar-refractivity contribution in [1.82, 2.24) is 24.1 Å². The van der Waals surface area contributed by atoms with Gasteiger partial charge in [-0.2, -0.15) is 0 Å². The number of para-hydroxylation sites is 1. The summed E-state index contributed by atoms with van der Waals surface area (Å²) in [6.45, 7) is 1.99. The number of benzene rings is 3. The molecule has 4 aromatic heterocycles. The summed E-state index contributed by atoms with van der Waals surface area (Å²) in [6, 6.07) is 24.1. The molecule has 0 saturated carbocycles. The predicted octanol–water partition coefficient (Wildman–Crippen LogP) is 8.34. The lowest BCUT2D eigenvalue weighted by Crippen LogP contribution is -2.22. The Labute approximate surface area is 309 Å². The van der Waals surface area contributed by atoms with Gasteiger partial charge < -0.3 is 24.9 Å². The Morgan fingerprint density at radius 3 is 2.50 bits per heavy atom. The van der Waals surface area contributed by atoms with Crippen LogP contribution < -0.4 is 15.8 Å². The van der Waals surface area contributed by atoms with Crippen molar-refractivity contribution in [3.63, 3.8) is 0 Å². The van der Waals surface area contributed by atoms with E-state index in [-0.39, 0.29) is 18.3 Å². The van der Waals surface area contributed by atoms with Crippen molar-refractivity contribution in [3.8, 4) is 17.1 Å². The average Bonchev–Trinajstić information content (AvgIpc) is 3.88. The van der Waals surface area contributed by atoms with E-state index in [1.54, 1.807) is 102 Å². The van der Waals surface area contributed by atoms with Crippen LogP contribution in [0.2, 0.25) is 10.0 Å². The van der Waals surface area contributed by atoms with Crippen LogP contribution >= 0.6 is 23.2 Å². The molecule has 7 rings (SSSR count). The number of hydrogen-bond acceptors (Lipinski definition) is 7. The van der Waals surface area contributed by atoms with Crippen LogP contribution in [0.5, 0.6) is 5.75 Å². The van der Waals surface area contributed by atoms with Gasteiger partial charge in [0.1, 0.15) is 23.9 Å². The first-order valence-electron chi connectivity index (χ1n) is 16.2. The van der Waals surface area contributed by atoms with Crippen molar-refractivity contribution in [2.45, 2.75) is 19.6 Å². The zero-order valence-electron chi connectivity index (χ0n) is 27.8. The molecule has 0 bridgehead atoms. The molecule has 4 heterocycles. The number of ketones is 1. The number of halogens is 2. The summed E-state index contributed by atoms with van der Waals surface area (Å²) in [4.78, 5) is 38.8. The maximum atomic E-state index is 13.3. The molecule has 0 spiro atoms. The first-order chi connectivity index (χ1) is 25.3. The standard InChI is InChI=1S/C40H31Cl2N7O3/c1-25-22-34(48-21-19-45-24-48)29-4-2-6-36(39(29)46-25)52-23-30-31(41)12-13-32(37(30)42)49-20-3-5-33(49)38(43)35(50)14-9-26-7-10-27(11-8-26)40(51)47-28-15-17-44-18-16-28/h2-22,24,38H,23,43H2,1H3,(H,44,47,51)/b14-9+. The molecule has 0 saturated heterocycles. The fourth-order valence-corrected chi connectivity index (χ4v) is 6.36. The Bertz CT molecular complexity index is 2430. The van der Waals surface area contributed by atoms with Crippen LogP contribution in [0.3, 0.4) is 0 Å². The number of amides is 1. The van der Waals surface area contributed by atoms with Crippen LogP contribution in [0, 0.1) is 6.92 Å². The second-order valence-electron chi connectivity index (χ2n) is 11.9. The molecule has 0 fully saturated rings. The summed E-state index contributed by atoms with van der Waals surface area (Å²) in [6.07, 6.45) is 13.4. The number of nitrogens with two attached hydrogens (primary N) is 1. The molecule has 1 amide bonds. The van der Waals surface area contributed by atoms with E-state index in [1.165, 1.54) is 6.08 Å². The van der Waals surface area contributed by atoms with E-state index in [9.17, 15) is 9.59 Å². The topological polar surface area (TPSA) is 130 Å². The second-order valence-corrected chi connectivity index (χ2v) is 12.7. The third-order valence-electron chi connectivity index (χ3n) is 8.45. The third kappa shape index (κ3) is 7.22. The number of fused-ring (bicyclic) bond motifs is 1. The number of anilines is 1. The number of aromatic nitrogens is 5. The van der Waals surface area contributed by atoms with E-state index >= 15 is 0 Å². The summed E-state index contributed by atoms with van der Waals surface area (Å²) in [5.41, 5.74) is 12.5. The fourth-order valence-electron chi connectivity index (χ4n) is 5.79. The number of hydrogen-bond donors (Lipinski definition) is 2. The van der Waals surface area contributed by atoms with Gasteiger partial charge in [-0.3, -0.25) is 14.6 Å². The van der Waals surface area contributed by atoms with Crippen LogP contribution in [0.1, 0.15) is 38.9 Å². The third-order valence-corrected chi connectivity index (χ3v) is 9.22. The molecule has 52 heavy (non-hydrogen) atoms. The van der Waals surface area contributed by atoms with Crippen LogP contribution in [-0.2, 0) is 11.4 Å². The zero-order chi connectivity index (χ0) is 36.2. The van der Waals surface area contributed by atoms with Crippen molar-refractivity contribution in [3.05, 3.63) is 166 Å². The number of carbonyl (C=O) groups excluding carboxylic acids is 2. The van der Waals surface area contributed by atoms with Gasteiger partial charge in [0, 0.05) is 69.6 Å². The highest BCUT2D eigenvalue weighted by atomic mass is 35.5. The molecule has 1 unspecified atom stereocenters. The highest BCUT2D eigenvalue weighted by Crippen LogP contribution is 2.35. The molecule has 0 radical (unpaired) electrons. The number of carbonyl (C=O) groups is 2. The number of nitrogens with one attached hydrogen (secondary N) is 1. The van der Waals surface area contributed by atoms with Crippen molar-refractivity contribution in [1.29, 1.82) is 0 Å². The lowest BCUT2D eigenvalue weighted by Gasteiger charge is -2.18. The number of ether oxygens (including phenoxy) is 1. The minimum atomic E-state index is -0.988. The second kappa shape index (κ2) is 15.0. The van der Waals surface area contributed by atoms with Crippen LogP contribution in [0.4, 0.5) is 5.69 Å². The van der Waals surface area contributed by atoms with Gasteiger partial charge in [0.05, 0.1) is 22.7 Å². The molecule has 0 aliphatic rings. The highest BCUT2D eigenvalue weighted by molar-refractivity contribution is 6.37. The highest BCUT2D eigenvalue weighted by Gasteiger charge is 2.21. The van der Waals surface area contributed by atoms with Gasteiger partial charge in [0.15, 0.2) is 5.78 Å². The number of rotatable bonds is 11. The lowest BCUT2D eigenvalue weighted by molar-refractivity contribution is -0.115. The minimum absolute atomic E-state index is 0.0646. The van der Waals surface area contributed by atoms with Gasteiger partial charge in [0.2, 0.25) is 0 Å². The quantitative estimate of drug-likeness (QED) is 0.128. The molecule has 12 heteroatoms. The summed E-state index contributed by atoms with van der Waals surface area (Å²) in [5, 5.41) is 4.50. The summed E-state index contributed by atoms with van der Waals surface area (Å²) < 4.78 is 10.0. The monoisotopic (exact) mass is 727 g/mol. The Morgan fingerprint density at radius 1 is 0.923 bits per heavy atom. The SMILES string of the molecule is Cc1cc(-n2ccnc2)c2cccc(OCc3c(Cl)ccc(-n4cccc4C(N)C(=O)/C=C/c4ccc(C(=O)Nc5ccncc5)cc4)c3Cl)c2n1. The molecular formula is C40H31Cl2N7O3. The van der Waals surface area contributed by atoms with Crippen LogP contribution in [0.25, 0.3) is 28.4 Å². The number of aryl methyl sites for hydroxylation is 1. The average molecular weight is 729 g/mol. The molecule has 7 aromatic rings. The molecule has 3 N–H and O–H groups in total. The molecule has 10 nitrogen and oxygen atoms in total. The normalized spacial score (nSPS) is 11.9. The van der Waals surface area contributed by atoms with E-state index in [0.29, 0.717) is 49.5 Å². The van der Waals surface area contributed by atoms with E-state index in [1.807, 2.05) is 42.0 Å². The molecule has 3 aromatic carbocycles. The Hall–Kier alpha value is -6.07. The largest absolute Gasteiger partial charge is 0.487 e. The van der Waals surface area contributed by atoms with Crippen molar-refractivity contribution in [2.24, 2.45) is 5.73 Å². The van der Waals surface area contributed by atoms with Gasteiger partial charge in [-0.15, -0.1) is 0 Å². The summed E-state index contributed by atoms with van der Waals surface area (Å²) in [5.74, 6) is 0.00273. The Morgan fingerprint density at radius 2 is 1.73 bits per heavy atom. The van der Waals surface area contributed by atoms with E-state index < -0.39 is 6.04 Å². The van der Waals surface area contributed by atoms with Gasteiger partial charge in [-0.1, -0.05) is 53.5 Å². The van der Waals surface area contributed by atoms with Crippen LogP contribution in [0.15, 0.2) is 128 Å². The molecule has 258 valence electrons. The van der Waals surface area contributed by atoms with Crippen molar-refractivity contribution in [2.75, 3.05) is 5.32 Å². The van der Waals surface area contributed by atoms with E-state index in [0.717, 1.165) is 22.3 Å². The Balaban J connectivity index is 1.07. The van der Waals surface area contributed by atoms with Gasteiger partial charge in [-0.25, -0.2) is 9.97 Å². The van der Waals surface area contributed by atoms with Crippen molar-refractivity contribution < 1.29 is 14.3 Å². The predicted molar refractivity (Wildman–Crippen MR) is 203 cm³/mol. The smallest absolute Gasteiger partial charge is 0.255 e. The zero-order valence-corrected chi connectivity index (χ0v) is 29.3. The van der Waals surface area contributed by atoms with Gasteiger partial charge >= 0.3 is 0 Å². The maximum Gasteiger partial charge on any atom is 0.255 e. The molecule has 1 atom stereocenters. The summed E-state index contributed by atoms with van der Waals surface area (Å²) >= 11 is 13.7. The first kappa shape index (κ1) is 34.4. The number of imidazole rings is 1. The molecule has 0 aliphatic heterocycles. The van der Waals surface area contributed by atoms with E-state index in [4.69, 9.17) is 38.7 Å². The minimum Gasteiger partial charge on any atom is -0.487 e. The fraction of sp³-hybridized carbons (Fsp3) is 0.0750. The molecular weight excluding hydrogens is 697 g/mol. The Kier molecular flexibility index (Phi) is 9.94. The molecule has 0 aliphatic carbocycles. The van der Waals surface area contributed by atoms with Gasteiger partial charge in [0.25, 0.3) is 5.91 Å². The maximum absolute atomic E-state index is 13.3. The number of nitrogens with zero attached hydrogens (tertiary/aromatic N) is 5. The van der Waals surface area contributed by atoms with E-state index in [2.05, 4.69) is 15.3 Å². The van der Waals surface area contributed by atoms with Gasteiger partial charge in [-0.05, 0) is 79.2 Å². The number of pyridine rings is 2. The first-order valence-corrected chi connectivity index (χ1v) is 17.0. The summed E-state index contributed by atoms with van der Waals surface area (Å²) in [7, 11) is 0.